The quantitative estimate of drug-likeness (QED) is 0.696. The molecule has 3 nitrogen and oxygen atoms in total. The minimum absolute atomic E-state index is 0.0845. The fraction of sp³-hybridized carbons (Fsp3) is 0.0625. The van der Waals surface area contributed by atoms with Gasteiger partial charge < -0.3 is 10.3 Å². The van der Waals surface area contributed by atoms with Crippen molar-refractivity contribution in [3.8, 4) is 0 Å². The molecule has 0 amide bonds. The standard InChI is InChI=1S/C16H14N2O/c19-16(11-17-12-6-2-1-3-7-12)14-10-18-15-9-5-4-8-13(14)15/h1-10,17-18H,11H2. The van der Waals surface area contributed by atoms with Crippen LogP contribution in [-0.2, 0) is 0 Å². The van der Waals surface area contributed by atoms with Crippen molar-refractivity contribution in [2.24, 2.45) is 0 Å². The summed E-state index contributed by atoms with van der Waals surface area (Å²) in [6.07, 6.45) is 1.78. The molecule has 3 aromatic rings. The number of Topliss-reactive ketones (excluding diaryl/α,β-unsaturated/α-hetero) is 1. The van der Waals surface area contributed by atoms with Crippen molar-refractivity contribution < 1.29 is 4.79 Å². The van der Waals surface area contributed by atoms with Gasteiger partial charge in [0.05, 0.1) is 6.54 Å². The molecular formula is C16H14N2O. The van der Waals surface area contributed by atoms with Crippen LogP contribution in [0.2, 0.25) is 0 Å². The molecule has 0 unspecified atom stereocenters. The summed E-state index contributed by atoms with van der Waals surface area (Å²) in [6.45, 7) is 0.297. The molecule has 0 atom stereocenters. The van der Waals surface area contributed by atoms with Crippen LogP contribution >= 0.6 is 0 Å². The average molecular weight is 250 g/mol. The Labute approximate surface area is 111 Å². The van der Waals surface area contributed by atoms with Gasteiger partial charge in [-0.05, 0) is 18.2 Å². The van der Waals surface area contributed by atoms with Gasteiger partial charge in [-0.25, -0.2) is 0 Å². The van der Waals surface area contributed by atoms with Crippen LogP contribution in [0, 0.1) is 0 Å². The van der Waals surface area contributed by atoms with Crippen LogP contribution < -0.4 is 5.32 Å². The van der Waals surface area contributed by atoms with E-state index in [1.165, 1.54) is 0 Å². The second-order valence-corrected chi connectivity index (χ2v) is 4.39. The SMILES string of the molecule is O=C(CNc1ccccc1)c1c[nH]c2ccccc12. The van der Waals surface area contributed by atoms with Gasteiger partial charge in [0.15, 0.2) is 5.78 Å². The minimum Gasteiger partial charge on any atom is -0.378 e. The molecule has 1 heterocycles. The summed E-state index contributed by atoms with van der Waals surface area (Å²) in [5.41, 5.74) is 2.68. The lowest BCUT2D eigenvalue weighted by Crippen LogP contribution is -2.13. The highest BCUT2D eigenvalue weighted by atomic mass is 16.1. The fourth-order valence-electron chi connectivity index (χ4n) is 2.14. The molecule has 0 aliphatic heterocycles. The van der Waals surface area contributed by atoms with Crippen molar-refractivity contribution in [1.82, 2.24) is 4.98 Å². The molecule has 0 saturated heterocycles. The van der Waals surface area contributed by atoms with Gasteiger partial charge in [0.1, 0.15) is 0 Å². The Balaban J connectivity index is 1.77. The topological polar surface area (TPSA) is 44.9 Å². The monoisotopic (exact) mass is 250 g/mol. The molecule has 2 aromatic carbocycles. The zero-order chi connectivity index (χ0) is 13.1. The first-order chi connectivity index (χ1) is 9.34. The summed E-state index contributed by atoms with van der Waals surface area (Å²) < 4.78 is 0. The van der Waals surface area contributed by atoms with Crippen LogP contribution in [0.15, 0.2) is 60.8 Å². The van der Waals surface area contributed by atoms with Gasteiger partial charge in [-0.15, -0.1) is 0 Å². The van der Waals surface area contributed by atoms with E-state index >= 15 is 0 Å². The lowest BCUT2D eigenvalue weighted by Gasteiger charge is -2.04. The second kappa shape index (κ2) is 4.98. The first kappa shape index (κ1) is 11.5. The molecule has 2 N–H and O–H groups in total. The number of hydrogen-bond acceptors (Lipinski definition) is 2. The Morgan fingerprint density at radius 1 is 1.00 bits per heavy atom. The third kappa shape index (κ3) is 2.36. The average Bonchev–Trinajstić information content (AvgIpc) is 2.90. The summed E-state index contributed by atoms with van der Waals surface area (Å²) in [7, 11) is 0. The Bertz CT molecular complexity index is 701. The first-order valence-corrected chi connectivity index (χ1v) is 6.23. The summed E-state index contributed by atoms with van der Waals surface area (Å²) in [6, 6.07) is 17.6. The number of hydrogen-bond donors (Lipinski definition) is 2. The van der Waals surface area contributed by atoms with E-state index in [2.05, 4.69) is 10.3 Å². The summed E-state index contributed by atoms with van der Waals surface area (Å²) >= 11 is 0. The van der Waals surface area contributed by atoms with Crippen LogP contribution in [0.1, 0.15) is 10.4 Å². The van der Waals surface area contributed by atoms with Crippen LogP contribution in [0.5, 0.6) is 0 Å². The van der Waals surface area contributed by atoms with Crippen LogP contribution in [0.25, 0.3) is 10.9 Å². The normalized spacial score (nSPS) is 10.5. The number of nitrogens with one attached hydrogen (secondary N) is 2. The number of para-hydroxylation sites is 2. The number of aromatic amines is 1. The van der Waals surface area contributed by atoms with E-state index in [1.54, 1.807) is 6.20 Å². The van der Waals surface area contributed by atoms with Gasteiger partial charge in [0.25, 0.3) is 0 Å². The smallest absolute Gasteiger partial charge is 0.183 e. The molecule has 0 aliphatic carbocycles. The highest BCUT2D eigenvalue weighted by Crippen LogP contribution is 2.18. The van der Waals surface area contributed by atoms with E-state index in [-0.39, 0.29) is 5.78 Å². The molecule has 0 aliphatic rings. The maximum Gasteiger partial charge on any atom is 0.183 e. The highest BCUT2D eigenvalue weighted by Gasteiger charge is 2.10. The molecule has 19 heavy (non-hydrogen) atoms. The van der Waals surface area contributed by atoms with Crippen molar-refractivity contribution in [2.75, 3.05) is 11.9 Å². The molecule has 1 aromatic heterocycles. The second-order valence-electron chi connectivity index (χ2n) is 4.39. The van der Waals surface area contributed by atoms with Crippen molar-refractivity contribution in [1.29, 1.82) is 0 Å². The van der Waals surface area contributed by atoms with Gasteiger partial charge >= 0.3 is 0 Å². The molecule has 3 rings (SSSR count). The van der Waals surface area contributed by atoms with Gasteiger partial charge in [-0.2, -0.15) is 0 Å². The number of carbonyl (C=O) groups is 1. The van der Waals surface area contributed by atoms with Crippen molar-refractivity contribution in [3.05, 3.63) is 66.4 Å². The molecule has 0 spiro atoms. The van der Waals surface area contributed by atoms with Gasteiger partial charge in [-0.1, -0.05) is 36.4 Å². The summed E-state index contributed by atoms with van der Waals surface area (Å²) in [5.74, 6) is 0.0845. The van der Waals surface area contributed by atoms with Gasteiger partial charge in [0, 0.05) is 28.4 Å². The lowest BCUT2D eigenvalue weighted by molar-refractivity contribution is 0.101. The summed E-state index contributed by atoms with van der Waals surface area (Å²) in [5, 5.41) is 4.11. The minimum atomic E-state index is 0.0845. The number of rotatable bonds is 4. The van der Waals surface area contributed by atoms with Gasteiger partial charge in [-0.3, -0.25) is 4.79 Å². The molecule has 3 heteroatoms. The van der Waals surface area contributed by atoms with Gasteiger partial charge in [0.2, 0.25) is 0 Å². The Hall–Kier alpha value is -2.55. The Morgan fingerprint density at radius 2 is 1.74 bits per heavy atom. The van der Waals surface area contributed by atoms with E-state index in [0.29, 0.717) is 6.54 Å². The number of benzene rings is 2. The summed E-state index contributed by atoms with van der Waals surface area (Å²) in [4.78, 5) is 15.3. The van der Waals surface area contributed by atoms with Crippen LogP contribution in [-0.4, -0.2) is 17.3 Å². The van der Waals surface area contributed by atoms with E-state index in [4.69, 9.17) is 0 Å². The third-order valence-electron chi connectivity index (χ3n) is 3.12. The molecule has 0 radical (unpaired) electrons. The predicted molar refractivity (Wildman–Crippen MR) is 77.6 cm³/mol. The molecule has 0 saturated carbocycles. The number of anilines is 1. The largest absolute Gasteiger partial charge is 0.378 e. The van der Waals surface area contributed by atoms with E-state index < -0.39 is 0 Å². The zero-order valence-corrected chi connectivity index (χ0v) is 10.4. The Morgan fingerprint density at radius 3 is 2.58 bits per heavy atom. The van der Waals surface area contributed by atoms with Crippen molar-refractivity contribution in [3.63, 3.8) is 0 Å². The first-order valence-electron chi connectivity index (χ1n) is 6.23. The maximum atomic E-state index is 12.2. The van der Waals surface area contributed by atoms with Crippen LogP contribution in [0.4, 0.5) is 5.69 Å². The predicted octanol–water partition coefficient (Wildman–Crippen LogP) is 3.46. The third-order valence-corrected chi connectivity index (χ3v) is 3.12. The molecule has 94 valence electrons. The van der Waals surface area contributed by atoms with Crippen LogP contribution in [0.3, 0.4) is 0 Å². The number of fused-ring (bicyclic) bond motifs is 1. The fourth-order valence-corrected chi connectivity index (χ4v) is 2.14. The molecular weight excluding hydrogens is 236 g/mol. The molecule has 0 fully saturated rings. The lowest BCUT2D eigenvalue weighted by atomic mass is 10.1. The van der Waals surface area contributed by atoms with Crippen molar-refractivity contribution >= 4 is 22.4 Å². The van der Waals surface area contributed by atoms with E-state index in [9.17, 15) is 4.79 Å². The zero-order valence-electron chi connectivity index (χ0n) is 10.4. The molecule has 0 bridgehead atoms. The Kier molecular flexibility index (Phi) is 3.02. The number of aromatic nitrogens is 1. The number of H-pyrrole nitrogens is 1. The maximum absolute atomic E-state index is 12.2. The number of carbonyl (C=O) groups excluding carboxylic acids is 1. The highest BCUT2D eigenvalue weighted by molar-refractivity contribution is 6.09. The van der Waals surface area contributed by atoms with Crippen molar-refractivity contribution in [2.45, 2.75) is 0 Å². The van der Waals surface area contributed by atoms with E-state index in [1.807, 2.05) is 54.6 Å². The van der Waals surface area contributed by atoms with E-state index in [0.717, 1.165) is 22.2 Å². The number of ketones is 1.